The number of halogens is 2. The molecule has 6 N–H and O–H groups in total. The zero-order valence-electron chi connectivity index (χ0n) is 27.8. The Kier molecular flexibility index (Phi) is 11.3. The molecule has 0 spiro atoms. The fourth-order valence-electron chi connectivity index (χ4n) is 6.12. The number of hydrogen-bond donors (Lipinski definition) is 5. The van der Waals surface area contributed by atoms with Crippen molar-refractivity contribution in [1.82, 2.24) is 30.3 Å². The number of fused-ring (bicyclic) bond motifs is 1. The summed E-state index contributed by atoms with van der Waals surface area (Å²) >= 11 is 14.1. The number of rotatable bonds is 14. The van der Waals surface area contributed by atoms with Crippen molar-refractivity contribution < 1.29 is 19.4 Å². The molecule has 0 saturated carbocycles. The summed E-state index contributed by atoms with van der Waals surface area (Å²) in [6.45, 7) is 1.45. The van der Waals surface area contributed by atoms with Crippen molar-refractivity contribution in [3.05, 3.63) is 105 Å². The highest BCUT2D eigenvalue weighted by Gasteiger charge is 2.21. The molecule has 12 nitrogen and oxygen atoms in total. The van der Waals surface area contributed by atoms with Crippen LogP contribution in [0.2, 0.25) is 10.0 Å². The van der Waals surface area contributed by atoms with Crippen LogP contribution in [0.5, 0.6) is 5.88 Å². The summed E-state index contributed by atoms with van der Waals surface area (Å²) in [5.74, 6) is -0.0442. The third kappa shape index (κ3) is 8.22. The first-order valence-electron chi connectivity index (χ1n) is 16.4. The van der Waals surface area contributed by atoms with Crippen LogP contribution < -0.4 is 32.0 Å². The zero-order chi connectivity index (χ0) is 36.1. The molecule has 4 heterocycles. The van der Waals surface area contributed by atoms with Gasteiger partial charge in [-0.1, -0.05) is 65.7 Å². The Morgan fingerprint density at radius 2 is 1.73 bits per heavy atom. The number of hydrogen-bond acceptors (Lipinski definition) is 9. The summed E-state index contributed by atoms with van der Waals surface area (Å²) in [7, 11) is 1.58. The second-order valence-corrected chi connectivity index (χ2v) is 13.1. The van der Waals surface area contributed by atoms with Crippen LogP contribution in [0.25, 0.3) is 39.2 Å². The Morgan fingerprint density at radius 3 is 2.43 bits per heavy atom. The number of nitrogens with one attached hydrogen (secondary N) is 3. The van der Waals surface area contributed by atoms with Gasteiger partial charge in [-0.25, -0.2) is 9.97 Å². The maximum atomic E-state index is 13.2. The molecule has 1 fully saturated rings. The lowest BCUT2D eigenvalue weighted by molar-refractivity contribution is -0.120. The van der Waals surface area contributed by atoms with Crippen LogP contribution in [-0.4, -0.2) is 63.6 Å². The average Bonchev–Trinajstić information content (AvgIpc) is 3.54. The molecule has 0 radical (unpaired) electrons. The van der Waals surface area contributed by atoms with Gasteiger partial charge in [-0.2, -0.15) is 0 Å². The fourth-order valence-corrected chi connectivity index (χ4v) is 6.78. The van der Waals surface area contributed by atoms with Crippen LogP contribution in [0, 0.1) is 0 Å². The van der Waals surface area contributed by atoms with E-state index in [0.717, 1.165) is 34.2 Å². The first kappa shape index (κ1) is 36.0. The van der Waals surface area contributed by atoms with Gasteiger partial charge in [0.2, 0.25) is 17.7 Å². The van der Waals surface area contributed by atoms with E-state index in [1.807, 2.05) is 48.5 Å². The molecule has 5 aromatic rings. The van der Waals surface area contributed by atoms with E-state index in [1.54, 1.807) is 25.4 Å². The van der Waals surface area contributed by atoms with Crippen molar-refractivity contribution in [2.75, 3.05) is 20.2 Å². The zero-order valence-corrected chi connectivity index (χ0v) is 29.3. The molecule has 1 aliphatic rings. The van der Waals surface area contributed by atoms with Crippen LogP contribution in [0.3, 0.4) is 0 Å². The number of primary amides is 1. The Hall–Kier alpha value is -4.85. The molecule has 264 valence electrons. The Bertz CT molecular complexity index is 2160. The molecule has 14 heteroatoms. The topological polar surface area (TPSA) is 173 Å². The molecule has 0 unspecified atom stereocenters. The SMILES string of the molecule is COc1nc(-c2cccc(-c3cccc(-c4ccn5c(=O)c(CNC[C@@H](O)CC(N)=O)cnc5c4)c3Cl)c2Cl)ccc1CNC[C@H]1CCC(=O)N1. The van der Waals surface area contributed by atoms with Gasteiger partial charge in [0.15, 0.2) is 0 Å². The molecular weight excluding hydrogens is 693 g/mol. The lowest BCUT2D eigenvalue weighted by atomic mass is 9.97. The largest absolute Gasteiger partial charge is 0.481 e. The van der Waals surface area contributed by atoms with Gasteiger partial charge in [0.25, 0.3) is 5.56 Å². The van der Waals surface area contributed by atoms with E-state index in [9.17, 15) is 19.5 Å². The molecule has 2 aromatic carbocycles. The highest BCUT2D eigenvalue weighted by Crippen LogP contribution is 2.42. The van der Waals surface area contributed by atoms with Crippen LogP contribution in [0.15, 0.2) is 77.9 Å². The standard InChI is InChI=1S/C37H37Cl2N7O5/c1-51-36-22(16-41-19-24-9-11-33(49)44-24)8-10-30(45-36)29-7-3-6-28(35(29)39)27-5-2-4-26(34(27)38)21-12-13-46-32(14-21)43-18-23(37(46)50)17-42-20-25(47)15-31(40)48/h2-8,10,12-14,18,24-25,41-42,47H,9,11,15-17,19-20H2,1H3,(H2,40,48)(H,44,49)/t24-,25+/m1/s1. The third-order valence-electron chi connectivity index (χ3n) is 8.71. The number of methoxy groups -OCH3 is 1. The van der Waals surface area contributed by atoms with Gasteiger partial charge >= 0.3 is 0 Å². The maximum Gasteiger partial charge on any atom is 0.262 e. The number of amides is 2. The monoisotopic (exact) mass is 729 g/mol. The second kappa shape index (κ2) is 16.0. The quantitative estimate of drug-likeness (QED) is 0.113. The number of nitrogens with zero attached hydrogens (tertiary/aromatic N) is 3. The Morgan fingerprint density at radius 1 is 1.02 bits per heavy atom. The normalized spacial score (nSPS) is 14.8. The summed E-state index contributed by atoms with van der Waals surface area (Å²) < 4.78 is 7.07. The van der Waals surface area contributed by atoms with E-state index in [-0.39, 0.29) is 37.0 Å². The molecule has 6 rings (SSSR count). The van der Waals surface area contributed by atoms with Crippen LogP contribution in [0.1, 0.15) is 30.4 Å². The van der Waals surface area contributed by atoms with E-state index in [1.165, 1.54) is 10.6 Å². The summed E-state index contributed by atoms with van der Waals surface area (Å²) in [6.07, 6.45) is 3.39. The summed E-state index contributed by atoms with van der Waals surface area (Å²) in [6, 6.07) is 18.9. The molecular formula is C37H37Cl2N7O5. The van der Waals surface area contributed by atoms with Gasteiger partial charge in [-0.15, -0.1) is 0 Å². The average molecular weight is 731 g/mol. The Labute approximate surface area is 304 Å². The highest BCUT2D eigenvalue weighted by molar-refractivity contribution is 6.39. The van der Waals surface area contributed by atoms with Crippen LogP contribution in [-0.2, 0) is 22.7 Å². The van der Waals surface area contributed by atoms with Crippen molar-refractivity contribution in [3.63, 3.8) is 0 Å². The van der Waals surface area contributed by atoms with Crippen molar-refractivity contribution >= 4 is 40.7 Å². The number of nitrogens with two attached hydrogens (primary N) is 1. The highest BCUT2D eigenvalue weighted by atomic mass is 35.5. The molecule has 0 aliphatic carbocycles. The van der Waals surface area contributed by atoms with Crippen molar-refractivity contribution in [2.24, 2.45) is 5.73 Å². The first-order chi connectivity index (χ1) is 24.6. The van der Waals surface area contributed by atoms with Gasteiger partial charge in [0.05, 0.1) is 35.4 Å². The number of carbonyl (C=O) groups excluding carboxylic acids is 2. The number of aromatic nitrogens is 3. The van der Waals surface area contributed by atoms with Crippen LogP contribution in [0.4, 0.5) is 0 Å². The molecule has 51 heavy (non-hydrogen) atoms. The van der Waals surface area contributed by atoms with Gasteiger partial charge in [-0.3, -0.25) is 18.8 Å². The van der Waals surface area contributed by atoms with E-state index >= 15 is 0 Å². The first-order valence-corrected chi connectivity index (χ1v) is 17.2. The van der Waals surface area contributed by atoms with E-state index in [0.29, 0.717) is 57.9 Å². The van der Waals surface area contributed by atoms with Gasteiger partial charge in [-0.05, 0) is 30.2 Å². The van der Waals surface area contributed by atoms with E-state index in [4.69, 9.17) is 38.7 Å². The maximum absolute atomic E-state index is 13.2. The minimum Gasteiger partial charge on any atom is -0.481 e. The summed E-state index contributed by atoms with van der Waals surface area (Å²) in [5.41, 5.74) is 10.8. The molecule has 2 amide bonds. The van der Waals surface area contributed by atoms with Crippen molar-refractivity contribution in [3.8, 4) is 39.4 Å². The smallest absolute Gasteiger partial charge is 0.262 e. The lowest BCUT2D eigenvalue weighted by Gasteiger charge is -2.16. The third-order valence-corrected chi connectivity index (χ3v) is 9.53. The summed E-state index contributed by atoms with van der Waals surface area (Å²) in [5, 5.41) is 20.1. The summed E-state index contributed by atoms with van der Waals surface area (Å²) in [4.78, 5) is 44.9. The van der Waals surface area contributed by atoms with E-state index in [2.05, 4.69) is 20.9 Å². The van der Waals surface area contributed by atoms with E-state index < -0.39 is 12.0 Å². The van der Waals surface area contributed by atoms with Crippen molar-refractivity contribution in [1.29, 1.82) is 0 Å². The fraction of sp³-hybridized carbons (Fsp3) is 0.270. The molecule has 1 saturated heterocycles. The predicted molar refractivity (Wildman–Crippen MR) is 197 cm³/mol. The van der Waals surface area contributed by atoms with Gasteiger partial charge < -0.3 is 31.5 Å². The minimum atomic E-state index is -0.946. The second-order valence-electron chi connectivity index (χ2n) is 12.3. The number of ether oxygens (including phenoxy) is 1. The molecule has 0 bridgehead atoms. The molecule has 3 aromatic heterocycles. The predicted octanol–water partition coefficient (Wildman–Crippen LogP) is 4.10. The molecule has 2 atom stereocenters. The number of aliphatic hydroxyl groups excluding tert-OH is 1. The van der Waals surface area contributed by atoms with Crippen LogP contribution >= 0.6 is 23.2 Å². The lowest BCUT2D eigenvalue weighted by Crippen LogP contribution is -2.35. The number of carbonyl (C=O) groups is 2. The number of aliphatic hydroxyl groups is 1. The Balaban J connectivity index is 1.22. The van der Waals surface area contributed by atoms with Gasteiger partial charge in [0, 0.05) is 84.4 Å². The molecule has 1 aliphatic heterocycles. The number of pyridine rings is 2. The van der Waals surface area contributed by atoms with Crippen molar-refractivity contribution in [2.45, 2.75) is 44.5 Å². The van der Waals surface area contributed by atoms with Gasteiger partial charge in [0.1, 0.15) is 5.65 Å². The minimum absolute atomic E-state index is 0.0841. The number of benzene rings is 2.